The third-order valence-electron chi connectivity index (χ3n) is 2.63. The molecule has 2 nitrogen and oxygen atoms in total. The lowest BCUT2D eigenvalue weighted by Gasteiger charge is -2.08. The molecule has 2 heteroatoms. The van der Waals surface area contributed by atoms with Gasteiger partial charge in [-0.3, -0.25) is 4.98 Å². The lowest BCUT2D eigenvalue weighted by molar-refractivity contribution is 0.816. The maximum absolute atomic E-state index is 5.87. The zero-order valence-electron chi connectivity index (χ0n) is 9.43. The predicted octanol–water partition coefficient (Wildman–Crippen LogP) is 2.69. The van der Waals surface area contributed by atoms with Crippen molar-refractivity contribution in [1.82, 2.24) is 4.98 Å². The van der Waals surface area contributed by atoms with Gasteiger partial charge in [0, 0.05) is 18.4 Å². The summed E-state index contributed by atoms with van der Waals surface area (Å²) < 4.78 is 0. The minimum Gasteiger partial charge on any atom is -0.324 e. The summed E-state index contributed by atoms with van der Waals surface area (Å²) in [6, 6.07) is 12.6. The van der Waals surface area contributed by atoms with Gasteiger partial charge in [0.15, 0.2) is 0 Å². The summed E-state index contributed by atoms with van der Waals surface area (Å²) in [5.41, 5.74) is 9.62. The standard InChI is InChI=1S/C14H16N2/c1-11(15)14-4-2-3-13(10-14)9-12-5-7-16-8-6-12/h2-8,10-11H,9,15H2,1H3. The van der Waals surface area contributed by atoms with Crippen molar-refractivity contribution in [2.45, 2.75) is 19.4 Å². The van der Waals surface area contributed by atoms with E-state index in [-0.39, 0.29) is 6.04 Å². The Balaban J connectivity index is 2.19. The summed E-state index contributed by atoms with van der Waals surface area (Å²) in [4.78, 5) is 4.01. The molecule has 0 spiro atoms. The number of nitrogens with two attached hydrogens (primary N) is 1. The summed E-state index contributed by atoms with van der Waals surface area (Å²) in [6.07, 6.45) is 4.58. The van der Waals surface area contributed by atoms with Crippen molar-refractivity contribution in [1.29, 1.82) is 0 Å². The van der Waals surface area contributed by atoms with Gasteiger partial charge in [0.1, 0.15) is 0 Å². The van der Waals surface area contributed by atoms with Gasteiger partial charge in [-0.25, -0.2) is 0 Å². The van der Waals surface area contributed by atoms with Crippen LogP contribution in [0.4, 0.5) is 0 Å². The van der Waals surface area contributed by atoms with Crippen molar-refractivity contribution >= 4 is 0 Å². The van der Waals surface area contributed by atoms with E-state index >= 15 is 0 Å². The Hall–Kier alpha value is -1.67. The minimum absolute atomic E-state index is 0.0948. The van der Waals surface area contributed by atoms with E-state index in [1.165, 1.54) is 16.7 Å². The normalized spacial score (nSPS) is 12.4. The van der Waals surface area contributed by atoms with Crippen LogP contribution in [0.15, 0.2) is 48.8 Å². The van der Waals surface area contributed by atoms with Gasteiger partial charge in [0.25, 0.3) is 0 Å². The molecule has 2 rings (SSSR count). The van der Waals surface area contributed by atoms with Crippen LogP contribution >= 0.6 is 0 Å². The maximum atomic E-state index is 5.87. The highest BCUT2D eigenvalue weighted by Crippen LogP contribution is 2.14. The Bertz CT molecular complexity index is 449. The van der Waals surface area contributed by atoms with Crippen LogP contribution in [0.3, 0.4) is 0 Å². The van der Waals surface area contributed by atoms with Gasteiger partial charge in [-0.05, 0) is 42.2 Å². The molecule has 1 unspecified atom stereocenters. The molecule has 1 aromatic heterocycles. The van der Waals surface area contributed by atoms with Crippen molar-refractivity contribution < 1.29 is 0 Å². The van der Waals surface area contributed by atoms with Crippen molar-refractivity contribution in [2.75, 3.05) is 0 Å². The average Bonchev–Trinajstić information content (AvgIpc) is 2.30. The molecule has 0 aliphatic carbocycles. The molecule has 82 valence electrons. The van der Waals surface area contributed by atoms with Gasteiger partial charge >= 0.3 is 0 Å². The monoisotopic (exact) mass is 212 g/mol. The second-order valence-electron chi connectivity index (χ2n) is 4.07. The van der Waals surface area contributed by atoms with E-state index < -0.39 is 0 Å². The van der Waals surface area contributed by atoms with Crippen LogP contribution in [0.25, 0.3) is 0 Å². The van der Waals surface area contributed by atoms with E-state index in [9.17, 15) is 0 Å². The van der Waals surface area contributed by atoms with Crippen molar-refractivity contribution in [2.24, 2.45) is 5.73 Å². The molecule has 0 saturated heterocycles. The highest BCUT2D eigenvalue weighted by molar-refractivity contribution is 5.29. The highest BCUT2D eigenvalue weighted by Gasteiger charge is 2.01. The van der Waals surface area contributed by atoms with Crippen LogP contribution in [-0.4, -0.2) is 4.98 Å². The fourth-order valence-electron chi connectivity index (χ4n) is 1.72. The summed E-state index contributed by atoms with van der Waals surface area (Å²) in [5.74, 6) is 0. The third kappa shape index (κ3) is 2.67. The molecule has 1 aromatic carbocycles. The van der Waals surface area contributed by atoms with Crippen LogP contribution in [0.5, 0.6) is 0 Å². The second-order valence-corrected chi connectivity index (χ2v) is 4.07. The number of aromatic nitrogens is 1. The number of nitrogens with zero attached hydrogens (tertiary/aromatic N) is 1. The molecule has 1 atom stereocenters. The van der Waals surface area contributed by atoms with E-state index in [4.69, 9.17) is 5.73 Å². The third-order valence-corrected chi connectivity index (χ3v) is 2.63. The van der Waals surface area contributed by atoms with E-state index in [0.717, 1.165) is 6.42 Å². The Kier molecular flexibility index (Phi) is 3.32. The number of benzene rings is 1. The molecule has 16 heavy (non-hydrogen) atoms. The SMILES string of the molecule is CC(N)c1cccc(Cc2ccncc2)c1. The predicted molar refractivity (Wildman–Crippen MR) is 66.1 cm³/mol. The fraction of sp³-hybridized carbons (Fsp3) is 0.214. The highest BCUT2D eigenvalue weighted by atomic mass is 14.6. The summed E-state index contributed by atoms with van der Waals surface area (Å²) in [7, 11) is 0. The molecule has 2 aromatic rings. The summed E-state index contributed by atoms with van der Waals surface area (Å²) >= 11 is 0. The quantitative estimate of drug-likeness (QED) is 0.849. The molecular formula is C14H16N2. The second kappa shape index (κ2) is 4.90. The molecule has 0 saturated carbocycles. The topological polar surface area (TPSA) is 38.9 Å². The summed E-state index contributed by atoms with van der Waals surface area (Å²) in [6.45, 7) is 2.01. The van der Waals surface area contributed by atoms with Gasteiger partial charge in [-0.2, -0.15) is 0 Å². The molecule has 2 N–H and O–H groups in total. The van der Waals surface area contributed by atoms with Gasteiger partial charge < -0.3 is 5.73 Å². The average molecular weight is 212 g/mol. The minimum atomic E-state index is 0.0948. The first-order chi connectivity index (χ1) is 7.75. The Labute approximate surface area is 96.1 Å². The first kappa shape index (κ1) is 10.8. The number of rotatable bonds is 3. The van der Waals surface area contributed by atoms with Crippen molar-refractivity contribution in [3.05, 3.63) is 65.5 Å². The Morgan fingerprint density at radius 3 is 2.56 bits per heavy atom. The van der Waals surface area contributed by atoms with Crippen LogP contribution in [0, 0.1) is 0 Å². The van der Waals surface area contributed by atoms with E-state index in [0.29, 0.717) is 0 Å². The largest absolute Gasteiger partial charge is 0.324 e. The van der Waals surface area contributed by atoms with Crippen LogP contribution in [0.2, 0.25) is 0 Å². The molecule has 1 heterocycles. The number of hydrogen-bond acceptors (Lipinski definition) is 2. The van der Waals surface area contributed by atoms with Crippen LogP contribution in [-0.2, 0) is 6.42 Å². The molecular weight excluding hydrogens is 196 g/mol. The number of hydrogen-bond donors (Lipinski definition) is 1. The van der Waals surface area contributed by atoms with Gasteiger partial charge in [-0.15, -0.1) is 0 Å². The van der Waals surface area contributed by atoms with E-state index in [2.05, 4.69) is 29.2 Å². The van der Waals surface area contributed by atoms with Gasteiger partial charge in [-0.1, -0.05) is 24.3 Å². The van der Waals surface area contributed by atoms with Gasteiger partial charge in [0.2, 0.25) is 0 Å². The molecule has 0 radical (unpaired) electrons. The zero-order valence-corrected chi connectivity index (χ0v) is 9.43. The molecule has 0 aliphatic rings. The van der Waals surface area contributed by atoms with Crippen LogP contribution < -0.4 is 5.73 Å². The number of pyridine rings is 1. The molecule has 0 aliphatic heterocycles. The lowest BCUT2D eigenvalue weighted by atomic mass is 10.0. The molecule has 0 bridgehead atoms. The van der Waals surface area contributed by atoms with Gasteiger partial charge in [0.05, 0.1) is 0 Å². The summed E-state index contributed by atoms with van der Waals surface area (Å²) in [5, 5.41) is 0. The zero-order chi connectivity index (χ0) is 11.4. The van der Waals surface area contributed by atoms with E-state index in [1.54, 1.807) is 0 Å². The first-order valence-corrected chi connectivity index (χ1v) is 5.49. The fourth-order valence-corrected chi connectivity index (χ4v) is 1.72. The van der Waals surface area contributed by atoms with Crippen molar-refractivity contribution in [3.63, 3.8) is 0 Å². The van der Waals surface area contributed by atoms with Crippen molar-refractivity contribution in [3.8, 4) is 0 Å². The smallest absolute Gasteiger partial charge is 0.0270 e. The Morgan fingerprint density at radius 1 is 1.12 bits per heavy atom. The van der Waals surface area contributed by atoms with Crippen LogP contribution in [0.1, 0.15) is 29.7 Å². The molecule has 0 fully saturated rings. The molecule has 0 amide bonds. The lowest BCUT2D eigenvalue weighted by Crippen LogP contribution is -2.05. The first-order valence-electron chi connectivity index (χ1n) is 5.49. The van der Waals surface area contributed by atoms with E-state index in [1.807, 2.05) is 31.5 Å². The Morgan fingerprint density at radius 2 is 1.88 bits per heavy atom. The maximum Gasteiger partial charge on any atom is 0.0270 e.